The first-order valence-corrected chi connectivity index (χ1v) is 9.91. The monoisotopic (exact) mass is 406 g/mol. The maximum absolute atomic E-state index is 13.0. The van der Waals surface area contributed by atoms with Crippen LogP contribution < -0.4 is 5.56 Å². The Balaban J connectivity index is 1.73. The molecule has 1 aliphatic heterocycles. The molecule has 1 amide bonds. The van der Waals surface area contributed by atoms with E-state index >= 15 is 0 Å². The molecule has 0 N–H and O–H groups in total. The Bertz CT molecular complexity index is 1070. The lowest BCUT2D eigenvalue weighted by Gasteiger charge is -2.37. The molecule has 0 radical (unpaired) electrons. The van der Waals surface area contributed by atoms with Crippen LogP contribution in [0.4, 0.5) is 0 Å². The third-order valence-corrected chi connectivity index (χ3v) is 6.34. The molecule has 3 aromatic rings. The van der Waals surface area contributed by atoms with Gasteiger partial charge in [0.05, 0.1) is 15.4 Å². The number of halogens is 2. The SMILES string of the molecule is CC1CN(C(=O)Cn2ccc3scc(-c4ccc(Cl)c(Cl)c4)c3c2=O)C1. The summed E-state index contributed by atoms with van der Waals surface area (Å²) < 4.78 is 2.37. The van der Waals surface area contributed by atoms with E-state index in [0.717, 1.165) is 28.9 Å². The zero-order valence-electron chi connectivity index (χ0n) is 14.0. The zero-order chi connectivity index (χ0) is 18.4. The number of amides is 1. The van der Waals surface area contributed by atoms with Gasteiger partial charge < -0.3 is 9.47 Å². The molecule has 4 nitrogen and oxygen atoms in total. The van der Waals surface area contributed by atoms with Crippen molar-refractivity contribution in [1.82, 2.24) is 9.47 Å². The number of fused-ring (bicyclic) bond motifs is 1. The summed E-state index contributed by atoms with van der Waals surface area (Å²) in [6.45, 7) is 3.71. The lowest BCUT2D eigenvalue weighted by molar-refractivity contribution is -0.137. The molecular formula is C19H16Cl2N2O2S. The normalized spacial score (nSPS) is 14.7. The van der Waals surface area contributed by atoms with E-state index in [2.05, 4.69) is 6.92 Å². The summed E-state index contributed by atoms with van der Waals surface area (Å²) in [6, 6.07) is 7.21. The number of benzene rings is 1. The summed E-state index contributed by atoms with van der Waals surface area (Å²) in [6.07, 6.45) is 1.70. The van der Waals surface area contributed by atoms with Crippen LogP contribution in [0.5, 0.6) is 0 Å². The molecule has 0 bridgehead atoms. The second kappa shape index (κ2) is 6.72. The Hall–Kier alpha value is -1.82. The fourth-order valence-electron chi connectivity index (χ4n) is 3.23. The van der Waals surface area contributed by atoms with Gasteiger partial charge in [-0.1, -0.05) is 36.2 Å². The Labute approximate surface area is 164 Å². The van der Waals surface area contributed by atoms with Crippen molar-refractivity contribution >= 4 is 50.5 Å². The Morgan fingerprint density at radius 1 is 1.23 bits per heavy atom. The predicted octanol–water partition coefficient (Wildman–Crippen LogP) is 4.52. The van der Waals surface area contributed by atoms with E-state index in [0.29, 0.717) is 21.3 Å². The van der Waals surface area contributed by atoms with Crippen molar-refractivity contribution in [2.24, 2.45) is 5.92 Å². The average Bonchev–Trinajstić information content (AvgIpc) is 3.02. The zero-order valence-corrected chi connectivity index (χ0v) is 16.4. The summed E-state index contributed by atoms with van der Waals surface area (Å²) >= 11 is 13.6. The quantitative estimate of drug-likeness (QED) is 0.641. The van der Waals surface area contributed by atoms with Gasteiger partial charge in [-0.3, -0.25) is 9.59 Å². The maximum Gasteiger partial charge on any atom is 0.260 e. The fraction of sp³-hybridized carbons (Fsp3) is 0.263. The van der Waals surface area contributed by atoms with Gasteiger partial charge in [0.1, 0.15) is 6.54 Å². The molecule has 1 aromatic carbocycles. The van der Waals surface area contributed by atoms with E-state index in [9.17, 15) is 9.59 Å². The number of rotatable bonds is 3. The van der Waals surface area contributed by atoms with Crippen LogP contribution in [0.15, 0.2) is 40.6 Å². The third-order valence-electron chi connectivity index (χ3n) is 4.65. The highest BCUT2D eigenvalue weighted by atomic mass is 35.5. The summed E-state index contributed by atoms with van der Waals surface area (Å²) in [5.41, 5.74) is 1.49. The Morgan fingerprint density at radius 2 is 2.00 bits per heavy atom. The first-order valence-electron chi connectivity index (χ1n) is 8.28. The third kappa shape index (κ3) is 3.04. The smallest absolute Gasteiger partial charge is 0.260 e. The van der Waals surface area contributed by atoms with E-state index in [-0.39, 0.29) is 18.0 Å². The van der Waals surface area contributed by atoms with Gasteiger partial charge in [-0.25, -0.2) is 0 Å². The van der Waals surface area contributed by atoms with E-state index in [1.165, 1.54) is 15.9 Å². The topological polar surface area (TPSA) is 42.3 Å². The number of carbonyl (C=O) groups excluding carboxylic acids is 1. The van der Waals surface area contributed by atoms with Crippen LogP contribution in [0.25, 0.3) is 21.2 Å². The van der Waals surface area contributed by atoms with Crippen molar-refractivity contribution in [1.29, 1.82) is 0 Å². The van der Waals surface area contributed by atoms with Crippen molar-refractivity contribution in [3.63, 3.8) is 0 Å². The lowest BCUT2D eigenvalue weighted by Crippen LogP contribution is -2.50. The molecule has 0 aliphatic carbocycles. The summed E-state index contributed by atoms with van der Waals surface area (Å²) in [4.78, 5) is 27.1. The van der Waals surface area contributed by atoms with Crippen LogP contribution in [0.3, 0.4) is 0 Å². The number of thiophene rings is 1. The van der Waals surface area contributed by atoms with Crippen molar-refractivity contribution in [3.05, 3.63) is 56.2 Å². The number of nitrogens with zero attached hydrogens (tertiary/aromatic N) is 2. The number of carbonyl (C=O) groups is 1. The first-order chi connectivity index (χ1) is 12.4. The standard InChI is InChI=1S/C19H16Cl2N2O2S/c1-11-7-23(8-11)17(24)9-22-5-4-16-18(19(22)25)13(10-26-16)12-2-3-14(20)15(21)6-12/h2-6,10-11H,7-9H2,1H3. The van der Waals surface area contributed by atoms with Gasteiger partial charge in [0, 0.05) is 34.9 Å². The lowest BCUT2D eigenvalue weighted by atomic mass is 10.0. The molecule has 0 atom stereocenters. The summed E-state index contributed by atoms with van der Waals surface area (Å²) in [7, 11) is 0. The average molecular weight is 407 g/mol. The minimum absolute atomic E-state index is 0.0177. The molecule has 0 spiro atoms. The van der Waals surface area contributed by atoms with Crippen molar-refractivity contribution < 1.29 is 4.79 Å². The number of likely N-dealkylation sites (tertiary alicyclic amines) is 1. The van der Waals surface area contributed by atoms with Crippen LogP contribution in [-0.2, 0) is 11.3 Å². The van der Waals surface area contributed by atoms with Gasteiger partial charge in [-0.2, -0.15) is 0 Å². The highest BCUT2D eigenvalue weighted by Gasteiger charge is 2.27. The molecule has 134 valence electrons. The van der Waals surface area contributed by atoms with Crippen molar-refractivity contribution in [2.75, 3.05) is 13.1 Å². The Morgan fingerprint density at radius 3 is 2.69 bits per heavy atom. The molecule has 0 unspecified atom stereocenters. The van der Waals surface area contributed by atoms with Gasteiger partial charge in [0.25, 0.3) is 5.56 Å². The maximum atomic E-state index is 13.0. The number of aromatic nitrogens is 1. The molecule has 3 heterocycles. The number of hydrogen-bond donors (Lipinski definition) is 0. The van der Waals surface area contributed by atoms with Gasteiger partial charge in [0.2, 0.25) is 5.91 Å². The van der Waals surface area contributed by atoms with Crippen LogP contribution >= 0.6 is 34.5 Å². The van der Waals surface area contributed by atoms with Gasteiger partial charge in [-0.15, -0.1) is 11.3 Å². The second-order valence-corrected chi connectivity index (χ2v) is 8.40. The van der Waals surface area contributed by atoms with E-state index in [1.807, 2.05) is 17.5 Å². The minimum atomic E-state index is -0.160. The van der Waals surface area contributed by atoms with Crippen LogP contribution in [-0.4, -0.2) is 28.5 Å². The van der Waals surface area contributed by atoms with Gasteiger partial charge >= 0.3 is 0 Å². The molecule has 7 heteroatoms. The molecule has 26 heavy (non-hydrogen) atoms. The number of hydrogen-bond acceptors (Lipinski definition) is 3. The molecule has 2 aromatic heterocycles. The molecule has 1 fully saturated rings. The van der Waals surface area contributed by atoms with E-state index in [4.69, 9.17) is 23.2 Å². The van der Waals surface area contributed by atoms with E-state index < -0.39 is 0 Å². The summed E-state index contributed by atoms with van der Waals surface area (Å²) in [5, 5.41) is 3.47. The summed E-state index contributed by atoms with van der Waals surface area (Å²) in [5.74, 6) is 0.521. The van der Waals surface area contributed by atoms with Gasteiger partial charge in [0.15, 0.2) is 0 Å². The molecule has 4 rings (SSSR count). The largest absolute Gasteiger partial charge is 0.340 e. The van der Waals surface area contributed by atoms with Crippen LogP contribution in [0.1, 0.15) is 6.92 Å². The second-order valence-electron chi connectivity index (χ2n) is 6.67. The van der Waals surface area contributed by atoms with Crippen LogP contribution in [0, 0.1) is 5.92 Å². The van der Waals surface area contributed by atoms with Gasteiger partial charge in [-0.05, 0) is 29.7 Å². The molecule has 1 aliphatic rings. The van der Waals surface area contributed by atoms with E-state index in [1.54, 1.807) is 23.2 Å². The molecule has 1 saturated heterocycles. The fourth-order valence-corrected chi connectivity index (χ4v) is 4.49. The van der Waals surface area contributed by atoms with Crippen molar-refractivity contribution in [2.45, 2.75) is 13.5 Å². The molecule has 0 saturated carbocycles. The minimum Gasteiger partial charge on any atom is -0.340 e. The molecular weight excluding hydrogens is 391 g/mol. The van der Waals surface area contributed by atoms with Crippen molar-refractivity contribution in [3.8, 4) is 11.1 Å². The predicted molar refractivity (Wildman–Crippen MR) is 107 cm³/mol. The Kier molecular flexibility index (Phi) is 4.55. The highest BCUT2D eigenvalue weighted by molar-refractivity contribution is 7.17. The van der Waals surface area contributed by atoms with Crippen LogP contribution in [0.2, 0.25) is 10.0 Å². The first kappa shape index (κ1) is 17.6. The highest BCUT2D eigenvalue weighted by Crippen LogP contribution is 2.34. The number of pyridine rings is 1.